The van der Waals surface area contributed by atoms with E-state index < -0.39 is 39.1 Å². The van der Waals surface area contributed by atoms with Crippen molar-refractivity contribution in [2.75, 3.05) is 0 Å². The number of phosphoric acid groups is 5. The van der Waals surface area contributed by atoms with E-state index in [1.807, 2.05) is 0 Å². The van der Waals surface area contributed by atoms with Crippen LogP contribution in [0, 0.1) is 0 Å². The maximum atomic E-state index is 8.55. The molecule has 0 spiro atoms. The Morgan fingerprint density at radius 2 is 0.276 bits per heavy atom. The van der Waals surface area contributed by atoms with Crippen LogP contribution in [0.25, 0.3) is 0 Å². The molecule has 29 heavy (non-hydrogen) atoms. The van der Waals surface area contributed by atoms with Gasteiger partial charge in [0.25, 0.3) is 0 Å². The van der Waals surface area contributed by atoms with Gasteiger partial charge in [-0.2, -0.15) is 39.1 Å². The zero-order valence-corrected chi connectivity index (χ0v) is 22.8. The first kappa shape index (κ1) is 58.1. The molecule has 0 unspecified atom stereocenters. The Labute approximate surface area is 210 Å². The van der Waals surface area contributed by atoms with E-state index in [1.165, 1.54) is 0 Å². The van der Waals surface area contributed by atoms with Gasteiger partial charge in [0.2, 0.25) is 0 Å². The van der Waals surface area contributed by atoms with E-state index in [9.17, 15) is 0 Å². The van der Waals surface area contributed by atoms with E-state index in [1.54, 1.807) is 0 Å². The monoisotopic (exact) mass is 726 g/mol. The number of hydrogen-bond acceptors (Lipinski definition) is 20. The molecule has 0 atom stereocenters. The molecule has 0 aromatic carbocycles. The van der Waals surface area contributed by atoms with E-state index in [0.717, 1.165) is 0 Å². The molecule has 0 saturated carbocycles. The zero-order chi connectivity index (χ0) is 22.5. The van der Waals surface area contributed by atoms with Gasteiger partial charge >= 0.3 is 55.7 Å². The summed E-state index contributed by atoms with van der Waals surface area (Å²) >= 11 is 0. The first-order chi connectivity index (χ1) is 10.0. The molecule has 0 radical (unpaired) electrons. The van der Waals surface area contributed by atoms with E-state index in [-0.39, 0.29) is 76.7 Å². The second kappa shape index (κ2) is 25.6. The molecule has 0 heterocycles. The van der Waals surface area contributed by atoms with Crippen molar-refractivity contribution in [3.63, 3.8) is 0 Å². The second-order valence-electron chi connectivity index (χ2n) is 2.24. The van der Waals surface area contributed by atoms with Gasteiger partial charge < -0.3 is 96.2 Å². The predicted molar refractivity (Wildman–Crippen MR) is 38.0 cm³/mol. The Balaban J connectivity index is -0.0000000238. The molecule has 0 aromatic heterocycles. The molecule has 0 aromatic rings. The van der Waals surface area contributed by atoms with Crippen LogP contribution in [-0.2, 0) is 99.6 Å². The van der Waals surface area contributed by atoms with E-state index in [4.69, 9.17) is 96.2 Å². The second-order valence-corrected chi connectivity index (χ2v) is 6.71. The fourth-order valence-corrected chi connectivity index (χ4v) is 0. The minimum Gasteiger partial charge on any atom is -0.822 e. The summed E-state index contributed by atoms with van der Waals surface area (Å²) in [7, 11) is -26.9. The fourth-order valence-electron chi connectivity index (χ4n) is 0. The van der Waals surface area contributed by atoms with E-state index >= 15 is 0 Å². The summed E-state index contributed by atoms with van der Waals surface area (Å²) in [5, 5.41) is 0. The Hall–Kier alpha value is 2.99. The summed E-state index contributed by atoms with van der Waals surface area (Å²) in [6, 6.07) is 0. The van der Waals surface area contributed by atoms with Crippen LogP contribution in [0.5, 0.6) is 0 Å². The molecule has 0 fully saturated rings. The standard InChI is InChI=1S/Mo.5H3O4P.3V/c;5*1-5(2,3)4;;;/h;5*(H3,1,2,3,4);;;/q;;;;;;3*+5/p-15. The van der Waals surface area contributed by atoms with Crippen LogP contribution >= 0.6 is 39.1 Å². The molecule has 0 aliphatic rings. The van der Waals surface area contributed by atoms with Crippen molar-refractivity contribution in [3.8, 4) is 0 Å². The summed E-state index contributed by atoms with van der Waals surface area (Å²) < 4.78 is 42.7. The molecule has 0 saturated heterocycles. The van der Waals surface area contributed by atoms with Crippen molar-refractivity contribution in [1.82, 2.24) is 0 Å². The fraction of sp³-hybridized carbons (Fsp3) is 0. The third kappa shape index (κ3) is 2910. The molecule has 0 aliphatic carbocycles. The van der Waals surface area contributed by atoms with E-state index in [0.29, 0.717) is 0 Å². The Morgan fingerprint density at radius 1 is 0.276 bits per heavy atom. The molecule has 20 nitrogen and oxygen atoms in total. The largest absolute Gasteiger partial charge is 5.00 e. The first-order valence-electron chi connectivity index (χ1n) is 3.65. The van der Waals surface area contributed by atoms with E-state index in [2.05, 4.69) is 0 Å². The third-order valence-electron chi connectivity index (χ3n) is 0. The van der Waals surface area contributed by atoms with Gasteiger partial charge in [-0.3, -0.25) is 0 Å². The van der Waals surface area contributed by atoms with Gasteiger partial charge in [0.1, 0.15) is 0 Å². The zero-order valence-electron chi connectivity index (χ0n) is 12.2. The van der Waals surface area contributed by atoms with Crippen LogP contribution in [0.1, 0.15) is 0 Å². The number of rotatable bonds is 0. The van der Waals surface area contributed by atoms with Crippen LogP contribution in [0.15, 0.2) is 0 Å². The van der Waals surface area contributed by atoms with Crippen molar-refractivity contribution in [1.29, 1.82) is 0 Å². The Bertz CT molecular complexity index is 385. The quantitative estimate of drug-likeness (QED) is 0.165. The molecule has 0 N–H and O–H groups in total. The molecule has 0 amide bonds. The van der Waals surface area contributed by atoms with Crippen LogP contribution < -0.4 is 73.4 Å². The predicted octanol–water partition coefficient (Wildman–Crippen LogP) is -14.1. The Morgan fingerprint density at radius 3 is 0.276 bits per heavy atom. The van der Waals surface area contributed by atoms with Crippen LogP contribution in [0.2, 0.25) is 0 Å². The molecule has 0 bridgehead atoms. The van der Waals surface area contributed by atoms with Crippen LogP contribution in [-0.4, -0.2) is 0 Å². The smallest absolute Gasteiger partial charge is 0.822 e. The molecule has 166 valence electrons. The maximum absolute atomic E-state index is 8.55. The summed E-state index contributed by atoms with van der Waals surface area (Å²) in [5.41, 5.74) is 0. The molecule has 0 rings (SSSR count). The topological polar surface area (TPSA) is 431 Å². The van der Waals surface area contributed by atoms with Gasteiger partial charge in [-0.25, -0.2) is 0 Å². The van der Waals surface area contributed by atoms with Crippen LogP contribution in [0.3, 0.4) is 0 Å². The number of hydrogen-bond donors (Lipinski definition) is 0. The average molecular weight is 724 g/mol. The van der Waals surface area contributed by atoms with Gasteiger partial charge in [-0.05, 0) is 0 Å². The normalized spacial score (nSPS) is 10.2. The SMILES string of the molecule is O=P([O-])([O-])[O-].O=P([O-])([O-])[O-].O=P([O-])([O-])[O-].O=P([O-])([O-])[O-].O=P([O-])([O-])[O-].[Mo].[V+5].[V+5].[V+5]. The van der Waals surface area contributed by atoms with Crippen LogP contribution in [0.4, 0.5) is 0 Å². The van der Waals surface area contributed by atoms with Gasteiger partial charge in [0.15, 0.2) is 0 Å². The molecular formula is MoO20P5V3. The average Bonchev–Trinajstić information content (AvgIpc) is 1.79. The van der Waals surface area contributed by atoms with Gasteiger partial charge in [-0.15, -0.1) is 0 Å². The molecular weight excluding hydrogens is 724 g/mol. The minimum absolute atomic E-state index is 0. The van der Waals surface area contributed by atoms with Crippen molar-refractivity contribution in [2.24, 2.45) is 0 Å². The third-order valence-corrected chi connectivity index (χ3v) is 0. The summed E-state index contributed by atoms with van der Waals surface area (Å²) in [4.78, 5) is 128. The molecule has 0 aliphatic heterocycles. The Kier molecular flexibility index (Phi) is 51.3. The summed E-state index contributed by atoms with van der Waals surface area (Å²) in [6.07, 6.45) is 0. The minimum atomic E-state index is -5.39. The maximum Gasteiger partial charge on any atom is 5.00 e. The first-order valence-corrected chi connectivity index (χ1v) is 11.0. The van der Waals surface area contributed by atoms with Crippen molar-refractivity contribution in [2.45, 2.75) is 0 Å². The summed E-state index contributed by atoms with van der Waals surface area (Å²) in [6.45, 7) is 0. The van der Waals surface area contributed by atoms with Crippen molar-refractivity contribution in [3.05, 3.63) is 0 Å². The van der Waals surface area contributed by atoms with Crippen molar-refractivity contribution >= 4 is 39.1 Å². The summed E-state index contributed by atoms with van der Waals surface area (Å²) in [5.74, 6) is 0. The van der Waals surface area contributed by atoms with Gasteiger partial charge in [0, 0.05) is 21.1 Å². The van der Waals surface area contributed by atoms with Crippen molar-refractivity contribution < 1.29 is 173 Å². The van der Waals surface area contributed by atoms with Gasteiger partial charge in [0.05, 0.1) is 0 Å². The van der Waals surface area contributed by atoms with Gasteiger partial charge in [-0.1, -0.05) is 0 Å². The molecule has 29 heteroatoms.